The van der Waals surface area contributed by atoms with Crippen molar-refractivity contribution in [2.75, 3.05) is 0 Å². The Morgan fingerprint density at radius 1 is 1.30 bits per heavy atom. The number of alkyl halides is 1. The van der Waals surface area contributed by atoms with E-state index in [1.54, 1.807) is 0 Å². The Morgan fingerprint density at radius 2 is 1.95 bits per heavy atom. The van der Waals surface area contributed by atoms with Gasteiger partial charge in [0, 0.05) is 4.47 Å². The monoisotopic (exact) mass is 438 g/mol. The van der Waals surface area contributed by atoms with Gasteiger partial charge in [-0.05, 0) is 29.5 Å². The lowest BCUT2D eigenvalue weighted by Crippen LogP contribution is -2.24. The third-order valence-corrected chi connectivity index (χ3v) is 6.43. The molecule has 0 bridgehead atoms. The van der Waals surface area contributed by atoms with Gasteiger partial charge in [-0.3, -0.25) is 0 Å². The molecule has 2 atom stereocenters. The van der Waals surface area contributed by atoms with E-state index in [0.717, 1.165) is 21.8 Å². The molecule has 20 heavy (non-hydrogen) atoms. The van der Waals surface area contributed by atoms with Crippen molar-refractivity contribution in [3.63, 3.8) is 0 Å². The zero-order chi connectivity index (χ0) is 14.5. The molecule has 1 aromatic rings. The van der Waals surface area contributed by atoms with Gasteiger partial charge in [0.1, 0.15) is 11.0 Å². The van der Waals surface area contributed by atoms with E-state index in [9.17, 15) is 8.42 Å². The number of thioether (sulfide) groups is 1. The highest BCUT2D eigenvalue weighted by Crippen LogP contribution is 2.41. The van der Waals surface area contributed by atoms with Crippen LogP contribution in [0.2, 0.25) is 0 Å². The number of primary sulfonamides is 1. The Bertz CT molecular complexity index is 717. The molecule has 106 valence electrons. The van der Waals surface area contributed by atoms with Gasteiger partial charge >= 0.3 is 0 Å². The predicted molar refractivity (Wildman–Crippen MR) is 87.0 cm³/mol. The van der Waals surface area contributed by atoms with Crippen LogP contribution in [0.1, 0.15) is 11.6 Å². The largest absolute Gasteiger partial charge is 0.264 e. The summed E-state index contributed by atoms with van der Waals surface area (Å²) in [5.41, 5.74) is 1.02. The molecule has 2 aliphatic rings. The number of hydrazone groups is 1. The minimum atomic E-state index is -3.79. The Balaban J connectivity index is 1.89. The zero-order valence-corrected chi connectivity index (χ0v) is 14.6. The van der Waals surface area contributed by atoms with Crippen LogP contribution in [0.15, 0.2) is 38.8 Å². The minimum absolute atomic E-state index is 0.130. The van der Waals surface area contributed by atoms with Crippen LogP contribution >= 0.6 is 43.6 Å². The third kappa shape index (κ3) is 2.54. The second-order valence-electron chi connectivity index (χ2n) is 4.14. The summed E-state index contributed by atoms with van der Waals surface area (Å²) >= 11 is 7.85. The predicted octanol–water partition coefficient (Wildman–Crippen LogP) is 2.19. The highest BCUT2D eigenvalue weighted by Gasteiger charge is 2.42. The molecule has 0 amide bonds. The number of benzene rings is 1. The van der Waals surface area contributed by atoms with Crippen LogP contribution in [0.25, 0.3) is 0 Å². The van der Waals surface area contributed by atoms with E-state index < -0.39 is 10.0 Å². The summed E-state index contributed by atoms with van der Waals surface area (Å²) in [5, 5.41) is 11.1. The number of fused-ring (bicyclic) bond motifs is 1. The second-order valence-corrected chi connectivity index (χ2v) is 8.68. The quantitative estimate of drug-likeness (QED) is 0.536. The van der Waals surface area contributed by atoms with Gasteiger partial charge in [-0.2, -0.15) is 0 Å². The average molecular weight is 440 g/mol. The van der Waals surface area contributed by atoms with Crippen LogP contribution in [0.4, 0.5) is 0 Å². The second kappa shape index (κ2) is 5.09. The number of hydrogen-bond donors (Lipinski definition) is 1. The molecule has 0 saturated carbocycles. The van der Waals surface area contributed by atoms with Crippen LogP contribution < -0.4 is 5.14 Å². The number of hydrogen-bond acceptors (Lipinski definition) is 6. The SMILES string of the molecule is NS(=O)(=O)C1=NN2C(=NC(c3ccc(Br)cc3)C2Br)S1. The first-order valence-corrected chi connectivity index (χ1v) is 9.49. The summed E-state index contributed by atoms with van der Waals surface area (Å²) in [6.07, 6.45) is 0. The molecule has 1 aromatic carbocycles. The van der Waals surface area contributed by atoms with Crippen LogP contribution in [-0.4, -0.2) is 27.9 Å². The molecule has 0 aromatic heterocycles. The lowest BCUT2D eigenvalue weighted by molar-refractivity contribution is 0.433. The van der Waals surface area contributed by atoms with Crippen molar-refractivity contribution in [3.05, 3.63) is 34.3 Å². The van der Waals surface area contributed by atoms with Crippen molar-refractivity contribution in [2.45, 2.75) is 11.0 Å². The number of nitrogens with two attached hydrogens (primary N) is 1. The fourth-order valence-electron chi connectivity index (χ4n) is 1.84. The first-order valence-electron chi connectivity index (χ1n) is 5.42. The molecule has 2 aliphatic heterocycles. The topological polar surface area (TPSA) is 88.1 Å². The van der Waals surface area contributed by atoms with Crippen LogP contribution in [-0.2, 0) is 10.0 Å². The van der Waals surface area contributed by atoms with Crippen LogP contribution in [0.3, 0.4) is 0 Å². The molecular weight excluding hydrogens is 432 g/mol. The summed E-state index contributed by atoms with van der Waals surface area (Å²) in [5.74, 6) is 0. The van der Waals surface area contributed by atoms with Gasteiger partial charge in [0.25, 0.3) is 10.0 Å². The summed E-state index contributed by atoms with van der Waals surface area (Å²) in [4.78, 5) is 4.27. The van der Waals surface area contributed by atoms with E-state index in [0.29, 0.717) is 5.17 Å². The first-order chi connectivity index (χ1) is 9.36. The molecule has 2 heterocycles. The average Bonchev–Trinajstić information content (AvgIpc) is 2.91. The van der Waals surface area contributed by atoms with Gasteiger partial charge in [0.15, 0.2) is 5.17 Å². The Hall–Kier alpha value is -0.420. The Labute approximate surface area is 136 Å². The van der Waals surface area contributed by atoms with E-state index in [1.165, 1.54) is 5.01 Å². The van der Waals surface area contributed by atoms with E-state index >= 15 is 0 Å². The van der Waals surface area contributed by atoms with Crippen molar-refractivity contribution in [1.29, 1.82) is 0 Å². The van der Waals surface area contributed by atoms with Crippen molar-refractivity contribution in [3.8, 4) is 0 Å². The highest BCUT2D eigenvalue weighted by atomic mass is 79.9. The number of sulfonamides is 1. The van der Waals surface area contributed by atoms with Crippen molar-refractivity contribution < 1.29 is 8.42 Å². The van der Waals surface area contributed by atoms with E-state index in [-0.39, 0.29) is 15.4 Å². The van der Waals surface area contributed by atoms with E-state index in [4.69, 9.17) is 5.14 Å². The normalized spacial score (nSPS) is 25.4. The van der Waals surface area contributed by atoms with Gasteiger partial charge in [-0.1, -0.05) is 44.0 Å². The molecule has 0 aliphatic carbocycles. The molecule has 0 fully saturated rings. The molecule has 2 unspecified atom stereocenters. The fraction of sp³-hybridized carbons (Fsp3) is 0.200. The van der Waals surface area contributed by atoms with Crippen molar-refractivity contribution in [1.82, 2.24) is 5.01 Å². The van der Waals surface area contributed by atoms with Crippen molar-refractivity contribution >= 4 is 63.2 Å². The third-order valence-electron chi connectivity index (χ3n) is 2.76. The standard InChI is InChI=1S/C10H8Br2N4O2S2/c11-6-3-1-5(2-4-6)7-8(12)16-9(14-7)19-10(15-16)20(13,17)18/h1-4,7-8H,(H2,13,17,18). The lowest BCUT2D eigenvalue weighted by Gasteiger charge is -2.17. The number of nitrogens with zero attached hydrogens (tertiary/aromatic N) is 3. The van der Waals surface area contributed by atoms with Gasteiger partial charge in [0.2, 0.25) is 4.38 Å². The van der Waals surface area contributed by atoms with Gasteiger partial charge in [-0.25, -0.2) is 23.6 Å². The minimum Gasteiger partial charge on any atom is -0.249 e. The zero-order valence-electron chi connectivity index (χ0n) is 9.77. The van der Waals surface area contributed by atoms with E-state index in [1.807, 2.05) is 24.3 Å². The lowest BCUT2D eigenvalue weighted by atomic mass is 10.1. The fourth-order valence-corrected chi connectivity index (χ4v) is 4.54. The van der Waals surface area contributed by atoms with Gasteiger partial charge < -0.3 is 0 Å². The molecule has 6 nitrogen and oxygen atoms in total. The molecule has 0 saturated heterocycles. The molecule has 10 heteroatoms. The number of rotatable bonds is 1. The molecular formula is C10H8Br2N4O2S2. The number of halogens is 2. The van der Waals surface area contributed by atoms with Crippen LogP contribution in [0, 0.1) is 0 Å². The van der Waals surface area contributed by atoms with E-state index in [2.05, 4.69) is 42.0 Å². The summed E-state index contributed by atoms with van der Waals surface area (Å²) < 4.78 is 23.4. The molecule has 0 radical (unpaired) electrons. The summed E-state index contributed by atoms with van der Waals surface area (Å²) in [6.45, 7) is 0. The smallest absolute Gasteiger partial charge is 0.249 e. The maximum absolute atomic E-state index is 11.3. The Kier molecular flexibility index (Phi) is 3.70. The van der Waals surface area contributed by atoms with Crippen LogP contribution in [0.5, 0.6) is 0 Å². The molecule has 0 spiro atoms. The maximum Gasteiger partial charge on any atom is 0.264 e. The summed E-state index contributed by atoms with van der Waals surface area (Å²) in [7, 11) is -3.79. The molecule has 2 N–H and O–H groups in total. The van der Waals surface area contributed by atoms with Crippen molar-refractivity contribution in [2.24, 2.45) is 15.2 Å². The number of aliphatic imine (C=N–C) groups is 1. The Morgan fingerprint density at radius 3 is 2.50 bits per heavy atom. The van der Waals surface area contributed by atoms with Gasteiger partial charge in [-0.15, -0.1) is 5.10 Å². The number of amidine groups is 1. The molecule has 3 rings (SSSR count). The maximum atomic E-state index is 11.3. The first kappa shape index (κ1) is 14.5. The summed E-state index contributed by atoms with van der Waals surface area (Å²) in [6, 6.07) is 7.65. The highest BCUT2D eigenvalue weighted by molar-refractivity contribution is 9.10. The van der Waals surface area contributed by atoms with Gasteiger partial charge in [0.05, 0.1) is 0 Å².